The Morgan fingerprint density at radius 1 is 1.07 bits per heavy atom. The van der Waals surface area contributed by atoms with Gasteiger partial charge in [0.25, 0.3) is 11.8 Å². The molecule has 0 saturated heterocycles. The minimum Gasteiger partial charge on any atom is -0.456 e. The van der Waals surface area contributed by atoms with E-state index in [-0.39, 0.29) is 17.7 Å². The van der Waals surface area contributed by atoms with Crippen LogP contribution in [0.4, 0.5) is 5.69 Å². The SMILES string of the molecule is CC(=O)N1N=C(c2ccc(C)o2)O[C@@H]1c1ccc(NC(=O)c2ccccc2Cl)cc1. The zero-order valence-electron chi connectivity index (χ0n) is 16.3. The maximum atomic E-state index is 12.4. The van der Waals surface area contributed by atoms with Crippen LogP contribution in [-0.4, -0.2) is 22.7 Å². The van der Waals surface area contributed by atoms with Gasteiger partial charge in [0.15, 0.2) is 5.76 Å². The second-order valence-electron chi connectivity index (χ2n) is 6.71. The number of rotatable bonds is 4. The smallest absolute Gasteiger partial charge is 0.277 e. The molecule has 0 spiro atoms. The lowest BCUT2D eigenvalue weighted by molar-refractivity contribution is -0.135. The van der Waals surface area contributed by atoms with Gasteiger partial charge < -0.3 is 14.5 Å². The van der Waals surface area contributed by atoms with Gasteiger partial charge in [-0.05, 0) is 43.3 Å². The number of hydrogen-bond acceptors (Lipinski definition) is 5. The predicted octanol–water partition coefficient (Wildman–Crippen LogP) is 4.73. The van der Waals surface area contributed by atoms with E-state index in [1.54, 1.807) is 60.7 Å². The van der Waals surface area contributed by atoms with E-state index < -0.39 is 6.23 Å². The Morgan fingerprint density at radius 3 is 2.43 bits per heavy atom. The molecule has 152 valence electrons. The minimum absolute atomic E-state index is 0.236. The zero-order valence-corrected chi connectivity index (χ0v) is 17.0. The highest BCUT2D eigenvalue weighted by atomic mass is 35.5. The lowest BCUT2D eigenvalue weighted by Crippen LogP contribution is -2.25. The average molecular weight is 424 g/mol. The highest BCUT2D eigenvalue weighted by Gasteiger charge is 2.34. The van der Waals surface area contributed by atoms with Crippen molar-refractivity contribution < 1.29 is 18.7 Å². The van der Waals surface area contributed by atoms with Gasteiger partial charge in [0.2, 0.25) is 12.1 Å². The first-order valence-corrected chi connectivity index (χ1v) is 9.58. The van der Waals surface area contributed by atoms with E-state index in [2.05, 4.69) is 10.4 Å². The van der Waals surface area contributed by atoms with Gasteiger partial charge in [-0.1, -0.05) is 35.9 Å². The number of aryl methyl sites for hydroxylation is 1. The molecule has 1 aliphatic heterocycles. The Morgan fingerprint density at radius 2 is 1.80 bits per heavy atom. The summed E-state index contributed by atoms with van der Waals surface area (Å²) in [6, 6.07) is 17.3. The van der Waals surface area contributed by atoms with E-state index in [0.29, 0.717) is 33.4 Å². The fraction of sp³-hybridized carbons (Fsp3) is 0.136. The van der Waals surface area contributed by atoms with E-state index in [0.717, 1.165) is 0 Å². The molecule has 3 aromatic rings. The third-order valence-electron chi connectivity index (χ3n) is 4.49. The summed E-state index contributed by atoms with van der Waals surface area (Å²) in [6.07, 6.45) is -0.726. The molecule has 0 bridgehead atoms. The van der Waals surface area contributed by atoms with Crippen molar-refractivity contribution in [2.24, 2.45) is 5.10 Å². The molecule has 1 N–H and O–H groups in total. The first kappa shape index (κ1) is 19.7. The van der Waals surface area contributed by atoms with Gasteiger partial charge >= 0.3 is 0 Å². The Hall–Kier alpha value is -3.58. The normalized spacial score (nSPS) is 15.5. The number of halogens is 1. The number of anilines is 1. The summed E-state index contributed by atoms with van der Waals surface area (Å²) in [7, 11) is 0. The molecule has 0 fully saturated rings. The number of carbonyl (C=O) groups is 2. The van der Waals surface area contributed by atoms with Crippen molar-refractivity contribution in [2.75, 3.05) is 5.32 Å². The van der Waals surface area contributed by atoms with Gasteiger partial charge in [-0.2, -0.15) is 5.01 Å². The van der Waals surface area contributed by atoms with Crippen LogP contribution in [0.3, 0.4) is 0 Å². The van der Waals surface area contributed by atoms with Crippen LogP contribution in [0.2, 0.25) is 5.02 Å². The van der Waals surface area contributed by atoms with Crippen LogP contribution in [-0.2, 0) is 9.53 Å². The average Bonchev–Trinajstić information content (AvgIpc) is 3.35. The third kappa shape index (κ3) is 3.92. The van der Waals surface area contributed by atoms with Gasteiger partial charge in [0.1, 0.15) is 5.76 Å². The van der Waals surface area contributed by atoms with Crippen LogP contribution in [0.15, 0.2) is 70.2 Å². The van der Waals surface area contributed by atoms with Crippen LogP contribution in [0, 0.1) is 6.92 Å². The zero-order chi connectivity index (χ0) is 21.3. The monoisotopic (exact) mass is 423 g/mol. The molecule has 2 aromatic carbocycles. The third-order valence-corrected chi connectivity index (χ3v) is 4.82. The summed E-state index contributed by atoms with van der Waals surface area (Å²) < 4.78 is 11.4. The Balaban J connectivity index is 1.51. The molecule has 0 unspecified atom stereocenters. The molecular formula is C22H18ClN3O4. The van der Waals surface area contributed by atoms with Crippen LogP contribution in [0.25, 0.3) is 0 Å². The number of benzene rings is 2. The number of nitrogens with one attached hydrogen (secondary N) is 1. The Bertz CT molecular complexity index is 1140. The van der Waals surface area contributed by atoms with E-state index in [4.69, 9.17) is 20.8 Å². The first-order valence-electron chi connectivity index (χ1n) is 9.20. The molecule has 1 aromatic heterocycles. The first-order chi connectivity index (χ1) is 14.4. The number of carbonyl (C=O) groups excluding carboxylic acids is 2. The van der Waals surface area contributed by atoms with E-state index in [9.17, 15) is 9.59 Å². The second-order valence-corrected chi connectivity index (χ2v) is 7.11. The molecule has 30 heavy (non-hydrogen) atoms. The summed E-state index contributed by atoms with van der Waals surface area (Å²) in [5, 5.41) is 8.68. The van der Waals surface area contributed by atoms with Crippen LogP contribution in [0.5, 0.6) is 0 Å². The van der Waals surface area contributed by atoms with Crippen molar-refractivity contribution in [1.82, 2.24) is 5.01 Å². The quantitative estimate of drug-likeness (QED) is 0.657. The highest BCUT2D eigenvalue weighted by Crippen LogP contribution is 2.31. The molecule has 1 atom stereocenters. The molecular weight excluding hydrogens is 406 g/mol. The van der Waals surface area contributed by atoms with Crippen LogP contribution >= 0.6 is 11.6 Å². The maximum absolute atomic E-state index is 12.4. The van der Waals surface area contributed by atoms with E-state index >= 15 is 0 Å². The fourth-order valence-electron chi connectivity index (χ4n) is 3.01. The highest BCUT2D eigenvalue weighted by molar-refractivity contribution is 6.34. The lowest BCUT2D eigenvalue weighted by atomic mass is 10.1. The van der Waals surface area contributed by atoms with Crippen molar-refractivity contribution >= 4 is 35.0 Å². The summed E-state index contributed by atoms with van der Waals surface area (Å²) in [5.41, 5.74) is 1.67. The number of furan rings is 1. The summed E-state index contributed by atoms with van der Waals surface area (Å²) in [4.78, 5) is 24.5. The fourth-order valence-corrected chi connectivity index (χ4v) is 3.23. The Labute approximate surface area is 177 Å². The second kappa shape index (κ2) is 8.04. The van der Waals surface area contributed by atoms with Crippen molar-refractivity contribution in [1.29, 1.82) is 0 Å². The number of hydrazone groups is 1. The van der Waals surface area contributed by atoms with Gasteiger partial charge in [-0.25, -0.2) is 0 Å². The largest absolute Gasteiger partial charge is 0.456 e. The molecule has 4 rings (SSSR count). The van der Waals surface area contributed by atoms with Crippen molar-refractivity contribution in [3.63, 3.8) is 0 Å². The molecule has 2 amide bonds. The minimum atomic E-state index is -0.726. The number of hydrogen-bond donors (Lipinski definition) is 1. The van der Waals surface area contributed by atoms with Crippen LogP contribution < -0.4 is 5.32 Å². The topological polar surface area (TPSA) is 84.1 Å². The lowest BCUT2D eigenvalue weighted by Gasteiger charge is -2.19. The number of amides is 2. The Kier molecular flexibility index (Phi) is 5.29. The van der Waals surface area contributed by atoms with Gasteiger partial charge in [-0.3, -0.25) is 9.59 Å². The maximum Gasteiger partial charge on any atom is 0.277 e. The van der Waals surface area contributed by atoms with Crippen molar-refractivity contribution in [3.05, 3.63) is 88.3 Å². The summed E-state index contributed by atoms with van der Waals surface area (Å²) in [5.74, 6) is 0.820. The number of ether oxygens (including phenoxy) is 1. The molecule has 0 aliphatic carbocycles. The van der Waals surface area contributed by atoms with Crippen LogP contribution in [0.1, 0.15) is 40.6 Å². The van der Waals surface area contributed by atoms with Gasteiger partial charge in [0, 0.05) is 18.2 Å². The molecule has 2 heterocycles. The standard InChI is InChI=1S/C22H18ClN3O4/c1-13-7-12-19(29-13)21-25-26(14(2)27)22(30-21)15-8-10-16(11-9-15)24-20(28)17-5-3-4-6-18(17)23/h3-12,22H,1-2H3,(H,24,28)/t22-/m1/s1. The van der Waals surface area contributed by atoms with E-state index in [1.165, 1.54) is 11.9 Å². The molecule has 8 heteroatoms. The summed E-state index contributed by atoms with van der Waals surface area (Å²) in [6.45, 7) is 3.23. The van der Waals surface area contributed by atoms with E-state index in [1.807, 2.05) is 6.92 Å². The van der Waals surface area contributed by atoms with Gasteiger partial charge in [-0.15, -0.1) is 5.10 Å². The molecule has 0 radical (unpaired) electrons. The number of nitrogens with zero attached hydrogens (tertiary/aromatic N) is 2. The molecule has 1 aliphatic rings. The summed E-state index contributed by atoms with van der Waals surface area (Å²) >= 11 is 6.07. The molecule has 0 saturated carbocycles. The predicted molar refractivity (Wildman–Crippen MR) is 112 cm³/mol. The molecule has 7 nitrogen and oxygen atoms in total. The van der Waals surface area contributed by atoms with Crippen molar-refractivity contribution in [2.45, 2.75) is 20.1 Å². The van der Waals surface area contributed by atoms with Crippen molar-refractivity contribution in [3.8, 4) is 0 Å². The van der Waals surface area contributed by atoms with Gasteiger partial charge in [0.05, 0.1) is 10.6 Å².